The van der Waals surface area contributed by atoms with E-state index in [1.807, 2.05) is 6.92 Å². The molecular formula is C17H30N2O4S. The van der Waals surface area contributed by atoms with Gasteiger partial charge in [-0.3, -0.25) is 9.59 Å². The van der Waals surface area contributed by atoms with Gasteiger partial charge in [-0.15, -0.1) is 0 Å². The fourth-order valence-corrected chi connectivity index (χ4v) is 5.06. The van der Waals surface area contributed by atoms with Crippen LogP contribution < -0.4 is 10.6 Å². The van der Waals surface area contributed by atoms with E-state index in [0.717, 1.165) is 32.2 Å². The van der Waals surface area contributed by atoms with E-state index in [9.17, 15) is 18.0 Å². The van der Waals surface area contributed by atoms with Crippen molar-refractivity contribution in [3.8, 4) is 0 Å². The minimum absolute atomic E-state index is 0.0160. The first-order valence-electron chi connectivity index (χ1n) is 9.14. The van der Waals surface area contributed by atoms with Crippen LogP contribution in [0.4, 0.5) is 0 Å². The van der Waals surface area contributed by atoms with Crippen LogP contribution in [0, 0.1) is 17.8 Å². The van der Waals surface area contributed by atoms with Gasteiger partial charge in [-0.1, -0.05) is 6.92 Å². The van der Waals surface area contributed by atoms with Gasteiger partial charge >= 0.3 is 0 Å². The maximum Gasteiger partial charge on any atom is 0.223 e. The molecule has 138 valence electrons. The van der Waals surface area contributed by atoms with Gasteiger partial charge in [0.15, 0.2) is 0 Å². The summed E-state index contributed by atoms with van der Waals surface area (Å²) in [4.78, 5) is 23.5. The molecule has 2 N–H and O–H groups in total. The third kappa shape index (κ3) is 6.07. The van der Waals surface area contributed by atoms with Gasteiger partial charge in [-0.2, -0.15) is 0 Å². The van der Waals surface area contributed by atoms with Crippen LogP contribution in [0.3, 0.4) is 0 Å². The van der Waals surface area contributed by atoms with E-state index in [0.29, 0.717) is 37.6 Å². The number of amides is 2. The maximum absolute atomic E-state index is 12.2. The molecule has 0 aromatic rings. The van der Waals surface area contributed by atoms with Gasteiger partial charge in [-0.25, -0.2) is 8.42 Å². The summed E-state index contributed by atoms with van der Waals surface area (Å²) in [5.41, 5.74) is 0. The second-order valence-electron chi connectivity index (χ2n) is 7.22. The third-order valence-corrected chi connectivity index (χ3v) is 7.08. The van der Waals surface area contributed by atoms with E-state index in [1.54, 1.807) is 0 Å². The van der Waals surface area contributed by atoms with Gasteiger partial charge in [0.25, 0.3) is 0 Å². The third-order valence-electron chi connectivity index (χ3n) is 5.37. The van der Waals surface area contributed by atoms with Crippen molar-refractivity contribution in [2.24, 2.45) is 17.8 Å². The molecule has 2 amide bonds. The fourth-order valence-electron chi connectivity index (χ4n) is 3.56. The van der Waals surface area contributed by atoms with E-state index < -0.39 is 9.84 Å². The van der Waals surface area contributed by atoms with Gasteiger partial charge in [0, 0.05) is 25.4 Å². The minimum atomic E-state index is -2.91. The molecule has 1 saturated carbocycles. The molecule has 6 nitrogen and oxygen atoms in total. The van der Waals surface area contributed by atoms with Crippen molar-refractivity contribution in [2.75, 3.05) is 24.6 Å². The molecule has 7 heteroatoms. The SMILES string of the molecule is CCC(=O)NCC1CCC(CNC(=O)C2CCS(=O)(=O)CC2)CC1. The molecular weight excluding hydrogens is 328 g/mol. The summed E-state index contributed by atoms with van der Waals surface area (Å²) in [6.07, 6.45) is 5.77. The van der Waals surface area contributed by atoms with Crippen LogP contribution in [0.15, 0.2) is 0 Å². The Balaban J connectivity index is 1.62. The Morgan fingerprint density at radius 1 is 0.875 bits per heavy atom. The molecule has 1 heterocycles. The lowest BCUT2D eigenvalue weighted by atomic mass is 9.82. The zero-order valence-corrected chi connectivity index (χ0v) is 15.4. The van der Waals surface area contributed by atoms with E-state index in [-0.39, 0.29) is 29.2 Å². The molecule has 2 fully saturated rings. The van der Waals surface area contributed by atoms with Crippen LogP contribution in [0.2, 0.25) is 0 Å². The molecule has 2 rings (SSSR count). The lowest BCUT2D eigenvalue weighted by Crippen LogP contribution is -2.39. The minimum Gasteiger partial charge on any atom is -0.356 e. The van der Waals surface area contributed by atoms with E-state index in [1.165, 1.54) is 0 Å². The standard InChI is InChI=1S/C17H30N2O4S/c1-2-16(20)18-11-13-3-5-14(6-4-13)12-19-17(21)15-7-9-24(22,23)10-8-15/h13-15H,2-12H2,1H3,(H,18,20)(H,19,21). The Labute approximate surface area is 145 Å². The van der Waals surface area contributed by atoms with Crippen molar-refractivity contribution < 1.29 is 18.0 Å². The van der Waals surface area contributed by atoms with Crippen molar-refractivity contribution >= 4 is 21.7 Å². The highest BCUT2D eigenvalue weighted by Crippen LogP contribution is 2.28. The van der Waals surface area contributed by atoms with Crippen LogP contribution in [0.25, 0.3) is 0 Å². The Morgan fingerprint density at radius 2 is 1.38 bits per heavy atom. The molecule has 1 aliphatic heterocycles. The molecule has 2 aliphatic rings. The van der Waals surface area contributed by atoms with Crippen molar-refractivity contribution in [3.63, 3.8) is 0 Å². The summed E-state index contributed by atoms with van der Waals surface area (Å²) < 4.78 is 22.8. The Bertz CT molecular complexity index is 525. The summed E-state index contributed by atoms with van der Waals surface area (Å²) >= 11 is 0. The number of sulfone groups is 1. The second kappa shape index (κ2) is 8.83. The predicted molar refractivity (Wildman–Crippen MR) is 93.1 cm³/mol. The Hall–Kier alpha value is -1.11. The van der Waals surface area contributed by atoms with Crippen LogP contribution in [-0.4, -0.2) is 44.8 Å². The number of carbonyl (C=O) groups is 2. The smallest absolute Gasteiger partial charge is 0.223 e. The zero-order chi connectivity index (χ0) is 17.6. The van der Waals surface area contributed by atoms with Crippen molar-refractivity contribution in [2.45, 2.75) is 51.9 Å². The maximum atomic E-state index is 12.2. The molecule has 1 saturated heterocycles. The van der Waals surface area contributed by atoms with Gasteiger partial charge in [-0.05, 0) is 50.4 Å². The summed E-state index contributed by atoms with van der Waals surface area (Å²) in [5.74, 6) is 1.31. The highest BCUT2D eigenvalue weighted by atomic mass is 32.2. The van der Waals surface area contributed by atoms with Crippen LogP contribution in [0.1, 0.15) is 51.9 Å². The van der Waals surface area contributed by atoms with Gasteiger partial charge in [0.1, 0.15) is 9.84 Å². The van der Waals surface area contributed by atoms with Crippen LogP contribution in [0.5, 0.6) is 0 Å². The lowest BCUT2D eigenvalue weighted by molar-refractivity contribution is -0.125. The molecule has 0 unspecified atom stereocenters. The number of rotatable bonds is 6. The molecule has 0 atom stereocenters. The summed E-state index contributed by atoms with van der Waals surface area (Å²) in [6, 6.07) is 0. The highest BCUT2D eigenvalue weighted by molar-refractivity contribution is 7.91. The molecule has 0 aromatic carbocycles. The van der Waals surface area contributed by atoms with E-state index >= 15 is 0 Å². The summed E-state index contributed by atoms with van der Waals surface area (Å²) in [6.45, 7) is 3.31. The van der Waals surface area contributed by atoms with Crippen molar-refractivity contribution in [1.29, 1.82) is 0 Å². The Morgan fingerprint density at radius 3 is 1.88 bits per heavy atom. The predicted octanol–water partition coefficient (Wildman–Crippen LogP) is 1.26. The normalized spacial score (nSPS) is 27.4. The number of hydrogen-bond donors (Lipinski definition) is 2. The summed E-state index contributed by atoms with van der Waals surface area (Å²) in [5, 5.41) is 5.98. The molecule has 0 aromatic heterocycles. The monoisotopic (exact) mass is 358 g/mol. The Kier molecular flexibility index (Phi) is 7.07. The molecule has 0 radical (unpaired) electrons. The largest absolute Gasteiger partial charge is 0.356 e. The molecule has 0 bridgehead atoms. The average molecular weight is 359 g/mol. The topological polar surface area (TPSA) is 92.3 Å². The highest BCUT2D eigenvalue weighted by Gasteiger charge is 2.29. The number of hydrogen-bond acceptors (Lipinski definition) is 4. The van der Waals surface area contributed by atoms with Gasteiger partial charge in [0.2, 0.25) is 11.8 Å². The molecule has 1 aliphatic carbocycles. The van der Waals surface area contributed by atoms with Crippen molar-refractivity contribution in [1.82, 2.24) is 10.6 Å². The van der Waals surface area contributed by atoms with Gasteiger partial charge in [0.05, 0.1) is 11.5 Å². The van der Waals surface area contributed by atoms with E-state index in [2.05, 4.69) is 10.6 Å². The first-order chi connectivity index (χ1) is 11.4. The van der Waals surface area contributed by atoms with Crippen LogP contribution >= 0.6 is 0 Å². The molecule has 24 heavy (non-hydrogen) atoms. The second-order valence-corrected chi connectivity index (χ2v) is 9.52. The first-order valence-corrected chi connectivity index (χ1v) is 11.0. The first kappa shape index (κ1) is 19.2. The summed E-state index contributed by atoms with van der Waals surface area (Å²) in [7, 11) is -2.91. The fraction of sp³-hybridized carbons (Fsp3) is 0.882. The quantitative estimate of drug-likeness (QED) is 0.748. The van der Waals surface area contributed by atoms with E-state index in [4.69, 9.17) is 0 Å². The van der Waals surface area contributed by atoms with Gasteiger partial charge < -0.3 is 10.6 Å². The zero-order valence-electron chi connectivity index (χ0n) is 14.6. The number of nitrogens with one attached hydrogen (secondary N) is 2. The van der Waals surface area contributed by atoms with Crippen LogP contribution in [-0.2, 0) is 19.4 Å². The lowest BCUT2D eigenvalue weighted by Gasteiger charge is -2.29. The molecule has 0 spiro atoms. The average Bonchev–Trinajstić information content (AvgIpc) is 2.58. The van der Waals surface area contributed by atoms with Crippen molar-refractivity contribution in [3.05, 3.63) is 0 Å². The number of carbonyl (C=O) groups excluding carboxylic acids is 2.